The van der Waals surface area contributed by atoms with Gasteiger partial charge < -0.3 is 4.42 Å². The zero-order valence-electron chi connectivity index (χ0n) is 22.3. The molecule has 8 rings (SSSR count). The number of hydrogen-bond donors (Lipinski definition) is 0. The molecular formula is C37H26N2O. The minimum atomic E-state index is 0.879. The molecule has 0 aliphatic carbocycles. The Labute approximate surface area is 231 Å². The van der Waals surface area contributed by atoms with Gasteiger partial charge in [0.1, 0.15) is 17.0 Å². The van der Waals surface area contributed by atoms with Gasteiger partial charge in [0, 0.05) is 27.6 Å². The molecule has 0 radical (unpaired) electrons. The van der Waals surface area contributed by atoms with Crippen LogP contribution in [0.5, 0.6) is 0 Å². The van der Waals surface area contributed by atoms with Crippen molar-refractivity contribution in [3.8, 4) is 28.2 Å². The highest BCUT2D eigenvalue weighted by atomic mass is 16.3. The number of hydrogen-bond acceptors (Lipinski definition) is 2. The number of nitrogens with zero attached hydrogens (tertiary/aromatic N) is 2. The van der Waals surface area contributed by atoms with Gasteiger partial charge in [0.2, 0.25) is 0 Å². The first kappa shape index (κ1) is 22.8. The predicted molar refractivity (Wildman–Crippen MR) is 166 cm³/mol. The van der Waals surface area contributed by atoms with Crippen LogP contribution in [0.25, 0.3) is 71.9 Å². The van der Waals surface area contributed by atoms with Crippen LogP contribution in [0.4, 0.5) is 0 Å². The van der Waals surface area contributed by atoms with Gasteiger partial charge in [-0.1, -0.05) is 90.0 Å². The lowest BCUT2D eigenvalue weighted by Gasteiger charge is -2.11. The highest BCUT2D eigenvalue weighted by molar-refractivity contribution is 6.10. The lowest BCUT2D eigenvalue weighted by Crippen LogP contribution is -1.97. The molecule has 0 atom stereocenters. The average Bonchev–Trinajstić information content (AvgIpc) is 3.55. The lowest BCUT2D eigenvalue weighted by atomic mass is 9.98. The number of para-hydroxylation sites is 3. The van der Waals surface area contributed by atoms with Crippen LogP contribution in [0, 0.1) is 13.8 Å². The Hall–Kier alpha value is -5.15. The first-order valence-electron chi connectivity index (χ1n) is 13.6. The molecule has 0 spiro atoms. The van der Waals surface area contributed by atoms with E-state index < -0.39 is 0 Å². The van der Waals surface area contributed by atoms with Gasteiger partial charge in [-0.05, 0) is 72.6 Å². The van der Waals surface area contributed by atoms with Crippen molar-refractivity contribution >= 4 is 43.7 Å². The van der Waals surface area contributed by atoms with Crippen molar-refractivity contribution < 1.29 is 4.42 Å². The summed E-state index contributed by atoms with van der Waals surface area (Å²) in [4.78, 5) is 5.13. The Morgan fingerprint density at radius 3 is 2.27 bits per heavy atom. The zero-order valence-corrected chi connectivity index (χ0v) is 22.3. The molecule has 2 aromatic heterocycles. The van der Waals surface area contributed by atoms with Crippen molar-refractivity contribution in [2.45, 2.75) is 13.8 Å². The normalized spacial score (nSPS) is 11.8. The van der Waals surface area contributed by atoms with E-state index in [0.717, 1.165) is 55.6 Å². The topological polar surface area (TPSA) is 31.0 Å². The van der Waals surface area contributed by atoms with E-state index in [1.807, 2.05) is 6.07 Å². The van der Waals surface area contributed by atoms with Crippen molar-refractivity contribution in [1.29, 1.82) is 0 Å². The number of aryl methyl sites for hydroxylation is 2. The summed E-state index contributed by atoms with van der Waals surface area (Å²) in [5, 5.41) is 4.64. The van der Waals surface area contributed by atoms with E-state index in [1.165, 1.54) is 27.5 Å². The third-order valence-corrected chi connectivity index (χ3v) is 7.84. The average molecular weight is 515 g/mol. The zero-order chi connectivity index (χ0) is 26.8. The number of rotatable bonds is 3. The summed E-state index contributed by atoms with van der Waals surface area (Å²) in [6.07, 6.45) is 0. The number of benzene rings is 6. The second-order valence-corrected chi connectivity index (χ2v) is 10.7. The largest absolute Gasteiger partial charge is 0.455 e. The maximum Gasteiger partial charge on any atom is 0.145 e. The number of aromatic nitrogens is 2. The van der Waals surface area contributed by atoms with Crippen LogP contribution in [0.3, 0.4) is 0 Å². The van der Waals surface area contributed by atoms with Crippen LogP contribution in [0.2, 0.25) is 0 Å². The van der Waals surface area contributed by atoms with E-state index in [0.29, 0.717) is 0 Å². The van der Waals surface area contributed by atoms with Crippen LogP contribution < -0.4 is 0 Å². The molecule has 0 unspecified atom stereocenters. The Morgan fingerprint density at radius 1 is 0.600 bits per heavy atom. The van der Waals surface area contributed by atoms with E-state index >= 15 is 0 Å². The smallest absolute Gasteiger partial charge is 0.145 e. The first-order chi connectivity index (χ1) is 19.6. The quantitative estimate of drug-likeness (QED) is 0.235. The third kappa shape index (κ3) is 3.55. The fourth-order valence-electron chi connectivity index (χ4n) is 6.09. The monoisotopic (exact) mass is 514 g/mol. The number of imidazole rings is 1. The molecular weight excluding hydrogens is 488 g/mol. The van der Waals surface area contributed by atoms with Crippen LogP contribution in [0.15, 0.2) is 126 Å². The second-order valence-electron chi connectivity index (χ2n) is 10.7. The van der Waals surface area contributed by atoms with Crippen LogP contribution in [0.1, 0.15) is 11.1 Å². The van der Waals surface area contributed by atoms with Crippen molar-refractivity contribution in [3.63, 3.8) is 0 Å². The van der Waals surface area contributed by atoms with Gasteiger partial charge >= 0.3 is 0 Å². The second kappa shape index (κ2) is 8.69. The third-order valence-electron chi connectivity index (χ3n) is 7.84. The molecule has 0 aliphatic heterocycles. The van der Waals surface area contributed by atoms with Crippen molar-refractivity contribution in [1.82, 2.24) is 9.55 Å². The summed E-state index contributed by atoms with van der Waals surface area (Å²) in [7, 11) is 0. The fraction of sp³-hybridized carbons (Fsp3) is 0.0541. The molecule has 0 bridgehead atoms. The van der Waals surface area contributed by atoms with Gasteiger partial charge in [-0.2, -0.15) is 0 Å². The molecule has 0 amide bonds. The molecule has 0 N–H and O–H groups in total. The molecule has 0 aliphatic rings. The van der Waals surface area contributed by atoms with E-state index in [9.17, 15) is 0 Å². The summed E-state index contributed by atoms with van der Waals surface area (Å²) in [5.74, 6) is 0.915. The van der Waals surface area contributed by atoms with Crippen LogP contribution >= 0.6 is 0 Å². The lowest BCUT2D eigenvalue weighted by molar-refractivity contribution is 0.670. The summed E-state index contributed by atoms with van der Waals surface area (Å²) < 4.78 is 8.77. The van der Waals surface area contributed by atoms with Crippen LogP contribution in [-0.2, 0) is 0 Å². The van der Waals surface area contributed by atoms with Crippen LogP contribution in [-0.4, -0.2) is 9.55 Å². The molecule has 3 nitrogen and oxygen atoms in total. The maximum absolute atomic E-state index is 6.50. The maximum atomic E-state index is 6.50. The molecule has 8 aromatic rings. The van der Waals surface area contributed by atoms with Gasteiger partial charge in [-0.3, -0.25) is 4.57 Å². The Bertz CT molecular complexity index is 2230. The molecule has 3 heteroatoms. The van der Waals surface area contributed by atoms with Crippen molar-refractivity contribution in [3.05, 3.63) is 132 Å². The van der Waals surface area contributed by atoms with Gasteiger partial charge in [0.15, 0.2) is 0 Å². The highest BCUT2D eigenvalue weighted by Gasteiger charge is 2.18. The SMILES string of the molecule is Cc1cc(C)cc(-c2cccc3c2oc2ccc(-c4nc5ccccc5n4-c4ccc5ccccc5c4)cc23)c1. The standard InChI is InChI=1S/C37H26N2O/c1-23-18-24(2)20-28(19-23)30-10-7-11-31-32-22-27(15-17-35(32)40-36(30)31)37-38-33-12-5-6-13-34(33)39(37)29-16-14-25-8-3-4-9-26(25)21-29/h3-22H,1-2H3. The van der Waals surface area contributed by atoms with Gasteiger partial charge in [-0.25, -0.2) is 4.98 Å². The molecule has 2 heterocycles. The molecule has 40 heavy (non-hydrogen) atoms. The summed E-state index contributed by atoms with van der Waals surface area (Å²) in [5.41, 5.74) is 10.8. The summed E-state index contributed by atoms with van der Waals surface area (Å²) in [6.45, 7) is 4.28. The van der Waals surface area contributed by atoms with E-state index in [-0.39, 0.29) is 0 Å². The Morgan fingerprint density at radius 2 is 1.40 bits per heavy atom. The number of fused-ring (bicyclic) bond motifs is 5. The van der Waals surface area contributed by atoms with Crippen molar-refractivity contribution in [2.75, 3.05) is 0 Å². The Kier molecular flexibility index (Phi) is 4.95. The molecule has 0 saturated heterocycles. The van der Waals surface area contributed by atoms with Crippen molar-refractivity contribution in [2.24, 2.45) is 0 Å². The molecule has 0 saturated carbocycles. The van der Waals surface area contributed by atoms with E-state index in [4.69, 9.17) is 9.40 Å². The summed E-state index contributed by atoms with van der Waals surface area (Å²) >= 11 is 0. The van der Waals surface area contributed by atoms with E-state index in [2.05, 4.69) is 134 Å². The minimum Gasteiger partial charge on any atom is -0.455 e. The molecule has 0 fully saturated rings. The Balaban J connectivity index is 1.35. The van der Waals surface area contributed by atoms with Gasteiger partial charge in [-0.15, -0.1) is 0 Å². The van der Waals surface area contributed by atoms with Gasteiger partial charge in [0.05, 0.1) is 11.0 Å². The first-order valence-corrected chi connectivity index (χ1v) is 13.6. The fourth-order valence-corrected chi connectivity index (χ4v) is 6.09. The predicted octanol–water partition coefficient (Wildman–Crippen LogP) is 10.0. The van der Waals surface area contributed by atoms with E-state index in [1.54, 1.807) is 0 Å². The number of furan rings is 1. The molecule has 190 valence electrons. The molecule has 6 aromatic carbocycles. The highest BCUT2D eigenvalue weighted by Crippen LogP contribution is 2.39. The van der Waals surface area contributed by atoms with Gasteiger partial charge in [0.25, 0.3) is 0 Å². The summed E-state index contributed by atoms with van der Waals surface area (Å²) in [6, 6.07) is 43.0. The minimum absolute atomic E-state index is 0.879.